The van der Waals surface area contributed by atoms with Crippen molar-refractivity contribution in [2.45, 2.75) is 120 Å². The zero-order valence-electron chi connectivity index (χ0n) is 69.4. The third-order valence-corrected chi connectivity index (χ3v) is 22.4. The Hall–Kier alpha value is -11.3. The molecule has 0 radical (unpaired) electrons. The molecular weight excluding hydrogens is 1910 g/mol. The second kappa shape index (κ2) is 50.8. The molecule has 7 aromatic rings. The highest BCUT2D eigenvalue weighted by Gasteiger charge is 2.36. The fraction of sp³-hybridized carbons (Fsp3) is 0.250. The van der Waals surface area contributed by atoms with Crippen LogP contribution >= 0.6 is 0 Å². The summed E-state index contributed by atoms with van der Waals surface area (Å²) in [6, 6.07) is 26.3. The molecule has 0 aliphatic heterocycles. The van der Waals surface area contributed by atoms with Crippen molar-refractivity contribution in [2.75, 3.05) is 31.3 Å². The van der Waals surface area contributed by atoms with Crippen molar-refractivity contribution in [3.63, 3.8) is 0 Å². The monoisotopic (exact) mass is 1990 g/mol. The minimum Gasteiger partial charge on any atom is -0.744 e. The molecule has 130 heavy (non-hydrogen) atoms. The topological polar surface area (TPSA) is 369 Å². The van der Waals surface area contributed by atoms with Gasteiger partial charge in [0.2, 0.25) is 17.4 Å². The fourth-order valence-corrected chi connectivity index (χ4v) is 14.5. The lowest BCUT2D eigenvalue weighted by Crippen LogP contribution is -2.23. The van der Waals surface area contributed by atoms with Gasteiger partial charge in [0.05, 0.1) is 44.4 Å². The summed E-state index contributed by atoms with van der Waals surface area (Å²) in [6.07, 6.45) is -10.1. The Kier molecular flexibility index (Phi) is 46.4. The van der Waals surface area contributed by atoms with E-state index in [1.807, 2.05) is 52.0 Å². The number of hydrogen-bond donors (Lipinski definition) is 0. The lowest BCUT2D eigenvalue weighted by Gasteiger charge is -2.21. The van der Waals surface area contributed by atoms with E-state index in [1.54, 1.807) is 19.1 Å². The molecule has 0 bridgehead atoms. The number of halogens is 20. The molecule has 0 amide bonds. The van der Waals surface area contributed by atoms with E-state index in [2.05, 4.69) is 70.4 Å². The van der Waals surface area contributed by atoms with Crippen LogP contribution in [0.4, 0.5) is 87.8 Å². The highest BCUT2D eigenvalue weighted by atomic mass is 32.3. The van der Waals surface area contributed by atoms with Gasteiger partial charge in [-0.2, -0.15) is 35.1 Å². The van der Waals surface area contributed by atoms with Gasteiger partial charge in [-0.25, -0.2) is 113 Å². The van der Waals surface area contributed by atoms with Crippen LogP contribution in [-0.2, 0) is 97.3 Å². The van der Waals surface area contributed by atoms with Crippen molar-refractivity contribution in [3.05, 3.63) is 302 Å². The molecule has 0 aliphatic carbocycles. The van der Waals surface area contributed by atoms with E-state index in [4.69, 9.17) is 18.9 Å². The van der Waals surface area contributed by atoms with E-state index in [9.17, 15) is 157 Å². The van der Waals surface area contributed by atoms with Gasteiger partial charge in [0.25, 0.3) is 5.92 Å². The van der Waals surface area contributed by atoms with Gasteiger partial charge in [-0.3, -0.25) is 0 Å². The number of carbonyl (C=O) groups is 2. The number of alkyl halides is 8. The molecule has 0 N–H and O–H groups in total. The third-order valence-electron chi connectivity index (χ3n) is 14.2. The number of nitrogens with zero attached hydrogens (tertiary/aromatic N) is 2. The minimum atomic E-state index is -5.74. The fourth-order valence-electron chi connectivity index (χ4n) is 7.92. The van der Waals surface area contributed by atoms with E-state index in [0.29, 0.717) is 31.5 Å². The van der Waals surface area contributed by atoms with Gasteiger partial charge < -0.3 is 45.8 Å². The molecule has 7 aromatic carbocycles. The van der Waals surface area contributed by atoms with Crippen molar-refractivity contribution >= 4 is 83.4 Å². The Labute approximate surface area is 735 Å². The van der Waals surface area contributed by atoms with Crippen LogP contribution in [0.5, 0.6) is 17.2 Å². The predicted molar refractivity (Wildman–Crippen MR) is 432 cm³/mol. The summed E-state index contributed by atoms with van der Waals surface area (Å²) in [4.78, 5) is 16.2. The first kappa shape index (κ1) is 119. The smallest absolute Gasteiger partial charge is 0.401 e. The number of rotatable bonds is 29. The summed E-state index contributed by atoms with van der Waals surface area (Å²) in [5, 5.41) is 0. The van der Waals surface area contributed by atoms with E-state index in [0.717, 1.165) is 59.2 Å². The molecular formula is C80H78F20N2O22S6-4. The number of carbonyl (C=O) groups excluding carboxylic acids is 2. The van der Waals surface area contributed by atoms with Gasteiger partial charge in [-0.1, -0.05) is 124 Å². The molecule has 0 aromatic heterocycles. The highest BCUT2D eigenvalue weighted by molar-refractivity contribution is 8.12. The Morgan fingerprint density at radius 2 is 0.692 bits per heavy atom. The van der Waals surface area contributed by atoms with Crippen LogP contribution in [0.3, 0.4) is 0 Å². The zero-order chi connectivity index (χ0) is 101. The van der Waals surface area contributed by atoms with Crippen molar-refractivity contribution in [3.8, 4) is 17.2 Å². The summed E-state index contributed by atoms with van der Waals surface area (Å²) >= 11 is 0. The summed E-state index contributed by atoms with van der Waals surface area (Å²) in [6.45, 7) is 41.8. The lowest BCUT2D eigenvalue weighted by atomic mass is 10.1. The summed E-state index contributed by atoms with van der Waals surface area (Å²) in [7, 11) is -31.0. The van der Waals surface area contributed by atoms with Crippen LogP contribution in [0.15, 0.2) is 215 Å². The average Bonchev–Trinajstić information content (AvgIpc) is 0.761. The number of benzene rings is 7. The van der Waals surface area contributed by atoms with E-state index < -0.39 is 234 Å². The molecule has 0 atom stereocenters. The van der Waals surface area contributed by atoms with Crippen molar-refractivity contribution < 1.29 is 185 Å². The van der Waals surface area contributed by atoms with E-state index in [1.165, 1.54) is 74.9 Å². The number of sulfonamides is 4. The maximum atomic E-state index is 13.8. The minimum absolute atomic E-state index is 0.0878. The molecule has 720 valence electrons. The summed E-state index contributed by atoms with van der Waals surface area (Å²) in [5.74, 6) is -33.3. The Morgan fingerprint density at radius 3 is 0.954 bits per heavy atom. The van der Waals surface area contributed by atoms with Crippen LogP contribution in [0.2, 0.25) is 0 Å². The normalized spacial score (nSPS) is 11.4. The summed E-state index contributed by atoms with van der Waals surface area (Å²) in [5.41, 5.74) is 1.74. The zero-order valence-corrected chi connectivity index (χ0v) is 74.3. The number of ether oxygens (including phenoxy) is 6. The van der Waals surface area contributed by atoms with Gasteiger partial charge in [0.1, 0.15) is 97.8 Å². The van der Waals surface area contributed by atoms with Gasteiger partial charge in [0, 0.05) is 33.4 Å². The van der Waals surface area contributed by atoms with Crippen molar-refractivity contribution in [1.82, 2.24) is 0 Å². The molecule has 7 rings (SSSR count). The molecule has 0 heterocycles. The van der Waals surface area contributed by atoms with Gasteiger partial charge in [-0.15, -0.1) is 0 Å². The first-order valence-electron chi connectivity index (χ1n) is 35.0. The molecule has 0 spiro atoms. The Bertz CT molecular complexity index is 5800. The van der Waals surface area contributed by atoms with Crippen LogP contribution in [0, 0.1) is 76.7 Å². The largest absolute Gasteiger partial charge is 0.744 e. The molecule has 50 heteroatoms. The maximum absolute atomic E-state index is 13.8. The van der Waals surface area contributed by atoms with Crippen LogP contribution in [0.1, 0.15) is 90.1 Å². The first-order chi connectivity index (χ1) is 59.1. The van der Waals surface area contributed by atoms with Crippen LogP contribution in [-0.4, -0.2) is 121 Å². The maximum Gasteiger partial charge on any atom is 0.401 e. The molecule has 0 saturated carbocycles. The van der Waals surface area contributed by atoms with E-state index >= 15 is 0 Å². The quantitative estimate of drug-likeness (QED) is 0.00614. The average molecular weight is 1990 g/mol. The predicted octanol–water partition coefficient (Wildman–Crippen LogP) is 19.8. The molecule has 0 aliphatic rings. The lowest BCUT2D eigenvalue weighted by molar-refractivity contribution is -0.148. The Balaban J connectivity index is 0.00000149. The van der Waals surface area contributed by atoms with Gasteiger partial charge >= 0.3 is 24.3 Å². The third kappa shape index (κ3) is 41.2. The number of hydrogen-bond acceptors (Lipinski definition) is 22. The Morgan fingerprint density at radius 1 is 0.385 bits per heavy atom. The second-order valence-electron chi connectivity index (χ2n) is 25.7. The first-order valence-corrected chi connectivity index (χ1v) is 43.9. The van der Waals surface area contributed by atoms with E-state index in [-0.39, 0.29) is 22.7 Å². The SMILES string of the molecule is C=C(C)C(=C)OCC.C=C(C)C(=C)OCc1c(F)c(F)c(S(=O)(=O)[O-])c(F)c1F.C=C(C)C(=O)OCC(C)(F)F.C=C(C)C(=O)Oc1c(F)c(F)c(C)c(F)c1F.C=C(C)c1ccc(OCC)cc1.C=C(C)c1ccc(OCc2c(F)c(F)c(S(=O)(=O)[O-])c(F)c2F)cc1.O=S(=O)(CC(F)(F)F)[N-]S(=O)(=O)c1ccccc1.O=S(=O)(CC(F)(F)F)[N-]S(=O)(=O)c1ccccc1. The van der Waals surface area contributed by atoms with Crippen LogP contribution in [0.25, 0.3) is 19.4 Å². The standard InChI is InChI=1S/C16H12F4O4S.C12H10F4O4S.C11H8F4O2.C11H14O.2C8H7F3NO4S2.C7H10F2O2.C7H12O/c1-8(2)9-3-5-10(6-4-9)24-7-11-12(17)14(19)16(25(21,22)23)15(20)13(11)18;1-5(2)6(3)20-4-7-8(13)10(15)12(21(17,18)19)11(16)9(7)14;1-4(2)11(16)17-10-8(14)6(12)5(3)7(13)9(10)15;1-4-12-11-7-5-10(6-8-11)9(2)3;2*9-8(10,11)6-17(13,14)12-18(15,16)7-4-2-1-3-5-7;1-5(2)6(10)11-4-7(3,8)9;1-5-8-7(4)6(2)3/h3-6H,1,7H2,2H3,(H,21,22,23);1,3-4H2,2H3,(H,17,18,19);1H2,2-3H3;5-8H,2,4H2,1,3H3;2*1-5H,6H2;1,4H2,2-3H3;2,4-5H2,1,3H3/q;;;;2*-1;;/p-2. The van der Waals surface area contributed by atoms with Crippen molar-refractivity contribution in [1.29, 1.82) is 0 Å². The number of esters is 2. The van der Waals surface area contributed by atoms with Gasteiger partial charge in [0.15, 0.2) is 64.8 Å². The van der Waals surface area contributed by atoms with Crippen molar-refractivity contribution in [2.24, 2.45) is 0 Å². The molecule has 0 unspecified atom stereocenters. The highest BCUT2D eigenvalue weighted by Crippen LogP contribution is 2.35. The second-order valence-corrected chi connectivity index (χ2v) is 35.3. The number of allylic oxidation sites excluding steroid dienone is 4. The molecule has 0 fully saturated rings. The summed E-state index contributed by atoms with van der Waals surface area (Å²) < 4.78 is 444. The molecule has 24 nitrogen and oxygen atoms in total. The van der Waals surface area contributed by atoms with Gasteiger partial charge in [-0.05, 0) is 133 Å². The van der Waals surface area contributed by atoms with Crippen LogP contribution < -0.4 is 14.2 Å². The molecule has 0 saturated heterocycles.